The summed E-state index contributed by atoms with van der Waals surface area (Å²) < 4.78 is 5.66. The number of hydrogen-bond acceptors (Lipinski definition) is 4. The zero-order valence-electron chi connectivity index (χ0n) is 13.4. The summed E-state index contributed by atoms with van der Waals surface area (Å²) in [6, 6.07) is 14.0. The average Bonchev–Trinajstić information content (AvgIpc) is 2.62. The van der Waals surface area contributed by atoms with E-state index in [9.17, 15) is 4.79 Å². The molecule has 3 N–H and O–H groups in total. The number of nitrogens with zero attached hydrogens (tertiary/aromatic N) is 1. The van der Waals surface area contributed by atoms with Gasteiger partial charge in [0.15, 0.2) is 12.4 Å². The number of ether oxygens (including phenoxy) is 1. The van der Waals surface area contributed by atoms with Crippen LogP contribution in [0, 0.1) is 6.92 Å². The Kier molecular flexibility index (Phi) is 4.72. The Morgan fingerprint density at radius 3 is 2.75 bits per heavy atom. The highest BCUT2D eigenvalue weighted by atomic mass is 16.5. The standard InChI is InChI=1S/C19H19N3O2/c1-13-15(11-20)7-8-16-18(13)17(12-23)24-19(22-16)21-10-9-14-5-3-2-4-6-14/h2-10,12,17H,11,20H2,1H3,(H,21,22). The Morgan fingerprint density at radius 1 is 1.25 bits per heavy atom. The van der Waals surface area contributed by atoms with Crippen molar-refractivity contribution in [3.8, 4) is 0 Å². The molecule has 0 fully saturated rings. The fourth-order valence-corrected chi connectivity index (χ4v) is 2.71. The van der Waals surface area contributed by atoms with Gasteiger partial charge in [-0.2, -0.15) is 0 Å². The van der Waals surface area contributed by atoms with Crippen LogP contribution in [-0.4, -0.2) is 12.3 Å². The number of nitrogens with one attached hydrogen (secondary N) is 1. The normalized spacial score (nSPS) is 18.1. The van der Waals surface area contributed by atoms with E-state index in [1.807, 2.05) is 55.5 Å². The predicted molar refractivity (Wildman–Crippen MR) is 95.5 cm³/mol. The van der Waals surface area contributed by atoms with Crippen LogP contribution in [0.5, 0.6) is 0 Å². The maximum absolute atomic E-state index is 11.5. The van der Waals surface area contributed by atoms with E-state index in [-0.39, 0.29) is 0 Å². The highest BCUT2D eigenvalue weighted by Crippen LogP contribution is 2.33. The molecule has 0 saturated heterocycles. The SMILES string of the molecule is Cc1c(CN)ccc2c1C(C=O)OC(=NC=Cc1ccccc1)N2. The Labute approximate surface area is 140 Å². The first-order chi connectivity index (χ1) is 11.7. The van der Waals surface area contributed by atoms with Crippen LogP contribution in [0.3, 0.4) is 0 Å². The number of benzene rings is 2. The summed E-state index contributed by atoms with van der Waals surface area (Å²) in [4.78, 5) is 15.7. The zero-order valence-corrected chi connectivity index (χ0v) is 13.4. The van der Waals surface area contributed by atoms with Gasteiger partial charge in [-0.25, -0.2) is 4.99 Å². The van der Waals surface area contributed by atoms with Crippen LogP contribution in [0.15, 0.2) is 53.7 Å². The summed E-state index contributed by atoms with van der Waals surface area (Å²) in [6.07, 6.45) is 3.61. The summed E-state index contributed by atoms with van der Waals surface area (Å²) in [5.41, 5.74) is 10.4. The van der Waals surface area contributed by atoms with E-state index in [1.165, 1.54) is 0 Å². The summed E-state index contributed by atoms with van der Waals surface area (Å²) >= 11 is 0. The van der Waals surface area contributed by atoms with Crippen molar-refractivity contribution in [2.24, 2.45) is 10.7 Å². The number of amidine groups is 1. The topological polar surface area (TPSA) is 76.7 Å². The van der Waals surface area contributed by atoms with E-state index in [0.717, 1.165) is 34.2 Å². The van der Waals surface area contributed by atoms with Crippen molar-refractivity contribution >= 4 is 24.1 Å². The summed E-state index contributed by atoms with van der Waals surface area (Å²) in [7, 11) is 0. The van der Waals surface area contributed by atoms with E-state index in [4.69, 9.17) is 10.5 Å². The van der Waals surface area contributed by atoms with Gasteiger partial charge in [-0.15, -0.1) is 0 Å². The van der Waals surface area contributed by atoms with Crippen LogP contribution >= 0.6 is 0 Å². The highest BCUT2D eigenvalue weighted by molar-refractivity contribution is 5.95. The maximum Gasteiger partial charge on any atom is 0.294 e. The minimum Gasteiger partial charge on any atom is -0.449 e. The molecule has 1 aliphatic rings. The summed E-state index contributed by atoms with van der Waals surface area (Å²) in [6.45, 7) is 2.37. The molecule has 24 heavy (non-hydrogen) atoms. The van der Waals surface area contributed by atoms with Crippen molar-refractivity contribution in [3.63, 3.8) is 0 Å². The fourth-order valence-electron chi connectivity index (χ4n) is 2.71. The van der Waals surface area contributed by atoms with Crippen LogP contribution in [-0.2, 0) is 16.1 Å². The van der Waals surface area contributed by atoms with Crippen molar-refractivity contribution in [1.82, 2.24) is 0 Å². The van der Waals surface area contributed by atoms with Crippen molar-refractivity contribution in [1.29, 1.82) is 0 Å². The smallest absolute Gasteiger partial charge is 0.294 e. The molecule has 5 nitrogen and oxygen atoms in total. The Hall–Kier alpha value is -2.92. The van der Waals surface area contributed by atoms with Gasteiger partial charge in [0.05, 0.1) is 0 Å². The molecule has 1 aliphatic heterocycles. The fraction of sp³-hybridized carbons (Fsp3) is 0.158. The molecule has 0 amide bonds. The number of fused-ring (bicyclic) bond motifs is 1. The molecule has 122 valence electrons. The summed E-state index contributed by atoms with van der Waals surface area (Å²) in [5.74, 6) is 0. The van der Waals surface area contributed by atoms with Gasteiger partial charge in [0.1, 0.15) is 0 Å². The minimum atomic E-state index is -0.684. The Morgan fingerprint density at radius 2 is 2.04 bits per heavy atom. The first kappa shape index (κ1) is 16.0. The second-order valence-corrected chi connectivity index (χ2v) is 5.48. The molecule has 1 unspecified atom stereocenters. The van der Waals surface area contributed by atoms with Crippen LogP contribution in [0.25, 0.3) is 6.08 Å². The number of anilines is 1. The zero-order chi connectivity index (χ0) is 16.9. The van der Waals surface area contributed by atoms with Crippen molar-refractivity contribution < 1.29 is 9.53 Å². The minimum absolute atomic E-state index is 0.298. The van der Waals surface area contributed by atoms with Gasteiger partial charge in [-0.1, -0.05) is 36.4 Å². The van der Waals surface area contributed by atoms with Gasteiger partial charge in [0.25, 0.3) is 6.02 Å². The molecule has 2 aromatic carbocycles. The van der Waals surface area contributed by atoms with E-state index in [1.54, 1.807) is 6.20 Å². The molecule has 3 rings (SSSR count). The second-order valence-electron chi connectivity index (χ2n) is 5.48. The van der Waals surface area contributed by atoms with Crippen molar-refractivity contribution in [2.45, 2.75) is 19.6 Å². The molecule has 1 heterocycles. The molecular weight excluding hydrogens is 302 g/mol. The van der Waals surface area contributed by atoms with E-state index in [2.05, 4.69) is 10.3 Å². The third-order valence-electron chi connectivity index (χ3n) is 3.99. The van der Waals surface area contributed by atoms with Gasteiger partial charge in [-0.3, -0.25) is 4.79 Å². The van der Waals surface area contributed by atoms with Gasteiger partial charge in [0.2, 0.25) is 0 Å². The molecule has 2 aromatic rings. The molecule has 1 atom stereocenters. The van der Waals surface area contributed by atoms with Crippen LogP contribution in [0.2, 0.25) is 0 Å². The van der Waals surface area contributed by atoms with Crippen LogP contribution in [0.4, 0.5) is 5.69 Å². The molecule has 0 spiro atoms. The van der Waals surface area contributed by atoms with E-state index in [0.29, 0.717) is 12.6 Å². The number of carbonyl (C=O) groups is 1. The predicted octanol–water partition coefficient (Wildman–Crippen LogP) is 3.16. The largest absolute Gasteiger partial charge is 0.449 e. The number of carbonyl (C=O) groups excluding carboxylic acids is 1. The van der Waals surface area contributed by atoms with Gasteiger partial charge in [0, 0.05) is 24.0 Å². The van der Waals surface area contributed by atoms with Crippen LogP contribution in [0.1, 0.15) is 28.4 Å². The lowest BCUT2D eigenvalue weighted by molar-refractivity contribution is -0.114. The van der Waals surface area contributed by atoms with Crippen molar-refractivity contribution in [3.05, 3.63) is 70.9 Å². The Balaban J connectivity index is 1.87. The second kappa shape index (κ2) is 7.10. The van der Waals surface area contributed by atoms with Gasteiger partial charge >= 0.3 is 0 Å². The molecule has 0 aromatic heterocycles. The van der Waals surface area contributed by atoms with Crippen molar-refractivity contribution in [2.75, 3.05) is 5.32 Å². The van der Waals surface area contributed by atoms with E-state index < -0.39 is 6.10 Å². The van der Waals surface area contributed by atoms with Gasteiger partial charge in [-0.05, 0) is 35.8 Å². The lowest BCUT2D eigenvalue weighted by Gasteiger charge is -2.27. The Bertz CT molecular complexity index is 798. The van der Waals surface area contributed by atoms with Gasteiger partial charge < -0.3 is 15.8 Å². The molecule has 5 heteroatoms. The number of hydrogen-bond donors (Lipinski definition) is 2. The lowest BCUT2D eigenvalue weighted by Crippen LogP contribution is -2.28. The third kappa shape index (κ3) is 3.21. The first-order valence-electron chi connectivity index (χ1n) is 7.73. The quantitative estimate of drug-likeness (QED) is 0.848. The molecule has 0 radical (unpaired) electrons. The molecule has 0 saturated carbocycles. The number of nitrogens with two attached hydrogens (primary N) is 1. The molecule has 0 bridgehead atoms. The monoisotopic (exact) mass is 321 g/mol. The van der Waals surface area contributed by atoms with Crippen LogP contribution < -0.4 is 11.1 Å². The first-order valence-corrected chi connectivity index (χ1v) is 7.73. The van der Waals surface area contributed by atoms with E-state index >= 15 is 0 Å². The maximum atomic E-state index is 11.5. The molecular formula is C19H19N3O2. The number of aliphatic imine (C=N–C) groups is 1. The third-order valence-corrected chi connectivity index (χ3v) is 3.99. The summed E-state index contributed by atoms with van der Waals surface area (Å²) in [5, 5.41) is 3.12. The average molecular weight is 321 g/mol. The molecule has 0 aliphatic carbocycles. The number of aldehydes is 1. The number of rotatable bonds is 4. The lowest BCUT2D eigenvalue weighted by atomic mass is 9.96. The highest BCUT2D eigenvalue weighted by Gasteiger charge is 2.27.